The van der Waals surface area contributed by atoms with E-state index in [1.807, 2.05) is 18.7 Å². The van der Waals surface area contributed by atoms with Gasteiger partial charge >= 0.3 is 0 Å². The Labute approximate surface area is 160 Å². The van der Waals surface area contributed by atoms with Crippen molar-refractivity contribution in [3.05, 3.63) is 22.5 Å². The SMILES string of the molecule is CC(=O)c1[nH]c(C)c(C(=O)N2CC[C@]3(CCCN(CC4CC4)C3=O)C2)c1C. The van der Waals surface area contributed by atoms with Crippen molar-refractivity contribution in [1.82, 2.24) is 14.8 Å². The molecule has 1 aromatic heterocycles. The lowest BCUT2D eigenvalue weighted by Gasteiger charge is -2.39. The summed E-state index contributed by atoms with van der Waals surface area (Å²) in [7, 11) is 0. The molecule has 27 heavy (non-hydrogen) atoms. The van der Waals surface area contributed by atoms with E-state index in [9.17, 15) is 14.4 Å². The predicted molar refractivity (Wildman–Crippen MR) is 102 cm³/mol. The fraction of sp³-hybridized carbons (Fsp3) is 0.667. The van der Waals surface area contributed by atoms with Crippen LogP contribution in [0.4, 0.5) is 0 Å². The fourth-order valence-corrected chi connectivity index (χ4v) is 4.94. The lowest BCUT2D eigenvalue weighted by Crippen LogP contribution is -2.51. The minimum Gasteiger partial charge on any atom is -0.355 e. The number of amides is 2. The van der Waals surface area contributed by atoms with Crippen molar-refractivity contribution in [3.8, 4) is 0 Å². The second kappa shape index (κ2) is 6.50. The molecular weight excluding hydrogens is 342 g/mol. The predicted octanol–water partition coefficient (Wildman–Crippen LogP) is 2.70. The number of carbonyl (C=O) groups excluding carboxylic acids is 3. The summed E-state index contributed by atoms with van der Waals surface area (Å²) in [5.74, 6) is 0.824. The molecule has 2 amide bonds. The Bertz CT molecular complexity index is 808. The highest BCUT2D eigenvalue weighted by molar-refractivity contribution is 6.03. The first-order chi connectivity index (χ1) is 12.8. The van der Waals surface area contributed by atoms with E-state index >= 15 is 0 Å². The monoisotopic (exact) mass is 371 g/mol. The number of ketones is 1. The summed E-state index contributed by atoms with van der Waals surface area (Å²) < 4.78 is 0. The first-order valence-corrected chi connectivity index (χ1v) is 10.1. The van der Waals surface area contributed by atoms with Gasteiger partial charge in [0.25, 0.3) is 5.91 Å². The third-order valence-corrected chi connectivity index (χ3v) is 6.64. The van der Waals surface area contributed by atoms with Gasteiger partial charge in [0.15, 0.2) is 5.78 Å². The number of nitrogens with one attached hydrogen (secondary N) is 1. The Kier molecular flexibility index (Phi) is 4.40. The summed E-state index contributed by atoms with van der Waals surface area (Å²) in [6, 6.07) is 0. The van der Waals surface area contributed by atoms with Crippen molar-refractivity contribution >= 4 is 17.6 Å². The molecule has 1 aliphatic carbocycles. The van der Waals surface area contributed by atoms with E-state index in [1.165, 1.54) is 19.8 Å². The van der Waals surface area contributed by atoms with Gasteiger partial charge in [0.1, 0.15) is 0 Å². The van der Waals surface area contributed by atoms with Crippen LogP contribution in [0.15, 0.2) is 0 Å². The molecule has 0 aromatic carbocycles. The number of H-pyrrole nitrogens is 1. The molecule has 6 nitrogen and oxygen atoms in total. The Morgan fingerprint density at radius 2 is 1.93 bits per heavy atom. The number of hydrogen-bond acceptors (Lipinski definition) is 3. The molecule has 0 unspecified atom stereocenters. The van der Waals surface area contributed by atoms with Gasteiger partial charge in [-0.3, -0.25) is 14.4 Å². The maximum Gasteiger partial charge on any atom is 0.255 e. The van der Waals surface area contributed by atoms with E-state index in [1.54, 1.807) is 0 Å². The third-order valence-electron chi connectivity index (χ3n) is 6.64. The first kappa shape index (κ1) is 18.3. The zero-order valence-electron chi connectivity index (χ0n) is 16.6. The summed E-state index contributed by atoms with van der Waals surface area (Å²) in [4.78, 5) is 45.1. The van der Waals surface area contributed by atoms with Crippen LogP contribution >= 0.6 is 0 Å². The number of aryl methyl sites for hydroxylation is 1. The number of likely N-dealkylation sites (tertiary alicyclic amines) is 2. The Hall–Kier alpha value is -2.11. The van der Waals surface area contributed by atoms with E-state index in [2.05, 4.69) is 9.88 Å². The molecule has 4 rings (SSSR count). The summed E-state index contributed by atoms with van der Waals surface area (Å²) in [5, 5.41) is 0. The third kappa shape index (κ3) is 3.09. The van der Waals surface area contributed by atoms with Crippen LogP contribution in [0.5, 0.6) is 0 Å². The summed E-state index contributed by atoms with van der Waals surface area (Å²) in [6.07, 6.45) is 5.14. The van der Waals surface area contributed by atoms with Crippen LogP contribution in [0.3, 0.4) is 0 Å². The van der Waals surface area contributed by atoms with Crippen LogP contribution in [0.2, 0.25) is 0 Å². The Morgan fingerprint density at radius 3 is 2.56 bits per heavy atom. The Morgan fingerprint density at radius 1 is 1.19 bits per heavy atom. The molecular formula is C21H29N3O3. The zero-order chi connectivity index (χ0) is 19.3. The highest BCUT2D eigenvalue weighted by atomic mass is 16.2. The molecule has 1 aromatic rings. The number of carbonyl (C=O) groups is 3. The number of nitrogens with zero attached hydrogens (tertiary/aromatic N) is 2. The lowest BCUT2D eigenvalue weighted by molar-refractivity contribution is -0.145. The standard InChI is InChI=1S/C21H29N3O3/c1-13-17(14(2)22-18(13)15(3)25)19(26)24-10-8-21(12-24)7-4-9-23(20(21)27)11-16-5-6-16/h16,22H,4-12H2,1-3H3/t21-/m1/s1. The molecule has 1 N–H and O–H groups in total. The van der Waals surface area contributed by atoms with Gasteiger partial charge in [0, 0.05) is 38.8 Å². The fourth-order valence-electron chi connectivity index (χ4n) is 4.94. The van der Waals surface area contributed by atoms with Crippen LogP contribution in [0.1, 0.15) is 71.1 Å². The quantitative estimate of drug-likeness (QED) is 0.827. The van der Waals surface area contributed by atoms with E-state index < -0.39 is 5.41 Å². The topological polar surface area (TPSA) is 73.5 Å². The van der Waals surface area contributed by atoms with Crippen LogP contribution in [-0.2, 0) is 4.79 Å². The van der Waals surface area contributed by atoms with Crippen LogP contribution < -0.4 is 0 Å². The molecule has 3 fully saturated rings. The molecule has 146 valence electrons. The molecule has 1 saturated carbocycles. The molecule has 3 aliphatic rings. The molecule has 2 aliphatic heterocycles. The molecule has 2 saturated heterocycles. The minimum atomic E-state index is -0.398. The summed E-state index contributed by atoms with van der Waals surface area (Å²) in [5.41, 5.74) is 2.15. The molecule has 1 atom stereocenters. The zero-order valence-corrected chi connectivity index (χ0v) is 16.6. The average molecular weight is 371 g/mol. The number of rotatable bonds is 4. The van der Waals surface area contributed by atoms with Crippen molar-refractivity contribution in [2.45, 2.75) is 52.9 Å². The second-order valence-electron chi connectivity index (χ2n) is 8.74. The van der Waals surface area contributed by atoms with E-state index in [-0.39, 0.29) is 17.6 Å². The van der Waals surface area contributed by atoms with Gasteiger partial charge in [0.2, 0.25) is 5.91 Å². The van der Waals surface area contributed by atoms with Crippen molar-refractivity contribution < 1.29 is 14.4 Å². The van der Waals surface area contributed by atoms with Crippen molar-refractivity contribution in [2.75, 3.05) is 26.2 Å². The van der Waals surface area contributed by atoms with Gasteiger partial charge in [-0.2, -0.15) is 0 Å². The van der Waals surface area contributed by atoms with Gasteiger partial charge in [-0.1, -0.05) is 0 Å². The van der Waals surface area contributed by atoms with E-state index in [0.717, 1.165) is 43.6 Å². The molecule has 3 heterocycles. The smallest absolute Gasteiger partial charge is 0.255 e. The number of aromatic nitrogens is 1. The summed E-state index contributed by atoms with van der Waals surface area (Å²) >= 11 is 0. The molecule has 6 heteroatoms. The summed E-state index contributed by atoms with van der Waals surface area (Å²) in [6.45, 7) is 8.04. The van der Waals surface area contributed by atoms with Crippen LogP contribution in [-0.4, -0.2) is 58.6 Å². The largest absolute Gasteiger partial charge is 0.355 e. The van der Waals surface area contributed by atoms with E-state index in [0.29, 0.717) is 30.3 Å². The lowest BCUT2D eigenvalue weighted by atomic mass is 9.78. The van der Waals surface area contributed by atoms with Gasteiger partial charge < -0.3 is 14.8 Å². The number of aromatic amines is 1. The van der Waals surface area contributed by atoms with Gasteiger partial charge in [-0.05, 0) is 57.4 Å². The number of Topliss-reactive ketones (excluding diaryl/α,β-unsaturated/α-hetero) is 1. The second-order valence-corrected chi connectivity index (χ2v) is 8.74. The van der Waals surface area contributed by atoms with Gasteiger partial charge in [-0.25, -0.2) is 0 Å². The average Bonchev–Trinajstić information content (AvgIpc) is 3.25. The maximum atomic E-state index is 13.2. The van der Waals surface area contributed by atoms with Crippen molar-refractivity contribution in [1.29, 1.82) is 0 Å². The first-order valence-electron chi connectivity index (χ1n) is 10.1. The highest BCUT2D eigenvalue weighted by Gasteiger charge is 2.50. The number of piperidine rings is 1. The van der Waals surface area contributed by atoms with Gasteiger partial charge in [0.05, 0.1) is 16.7 Å². The molecule has 1 spiro atoms. The van der Waals surface area contributed by atoms with Crippen LogP contribution in [0, 0.1) is 25.2 Å². The number of hydrogen-bond donors (Lipinski definition) is 1. The minimum absolute atomic E-state index is 0.0576. The molecule has 0 bridgehead atoms. The highest BCUT2D eigenvalue weighted by Crippen LogP contribution is 2.42. The van der Waals surface area contributed by atoms with E-state index in [4.69, 9.17) is 0 Å². The molecule has 0 radical (unpaired) electrons. The van der Waals surface area contributed by atoms with Crippen LogP contribution in [0.25, 0.3) is 0 Å². The normalized spacial score (nSPS) is 25.5. The van der Waals surface area contributed by atoms with Gasteiger partial charge in [-0.15, -0.1) is 0 Å². The maximum absolute atomic E-state index is 13.2. The van der Waals surface area contributed by atoms with Crippen molar-refractivity contribution in [2.24, 2.45) is 11.3 Å². The Balaban J connectivity index is 1.53. The van der Waals surface area contributed by atoms with Crippen molar-refractivity contribution in [3.63, 3.8) is 0 Å².